The molecular formula is C20H17NO2. The van der Waals surface area contributed by atoms with Gasteiger partial charge in [0.15, 0.2) is 11.5 Å². The van der Waals surface area contributed by atoms with E-state index in [-0.39, 0.29) is 0 Å². The first-order valence-electron chi connectivity index (χ1n) is 7.58. The Kier molecular flexibility index (Phi) is 3.19. The summed E-state index contributed by atoms with van der Waals surface area (Å²) in [6.07, 6.45) is 0. The Labute approximate surface area is 135 Å². The quantitative estimate of drug-likeness (QED) is 0.482. The second-order valence-electron chi connectivity index (χ2n) is 5.55. The molecule has 0 saturated carbocycles. The summed E-state index contributed by atoms with van der Waals surface area (Å²) >= 11 is 0. The van der Waals surface area contributed by atoms with Gasteiger partial charge in [0.25, 0.3) is 0 Å². The van der Waals surface area contributed by atoms with Crippen LogP contribution in [0, 0.1) is 6.92 Å². The molecule has 0 spiro atoms. The van der Waals surface area contributed by atoms with Gasteiger partial charge >= 0.3 is 0 Å². The summed E-state index contributed by atoms with van der Waals surface area (Å²) in [5, 5.41) is 0. The Morgan fingerprint density at radius 2 is 1.39 bits per heavy atom. The molecule has 1 aliphatic rings. The van der Waals surface area contributed by atoms with E-state index in [2.05, 4.69) is 42.2 Å². The van der Waals surface area contributed by atoms with Gasteiger partial charge in [-0.2, -0.15) is 0 Å². The third kappa shape index (κ3) is 2.21. The Hall–Kier alpha value is -2.94. The van der Waals surface area contributed by atoms with Crippen LogP contribution in [0.5, 0.6) is 17.2 Å². The highest BCUT2D eigenvalue weighted by Gasteiger charge is 2.26. The number of benzene rings is 3. The third-order valence-corrected chi connectivity index (χ3v) is 4.01. The summed E-state index contributed by atoms with van der Waals surface area (Å²) in [6, 6.07) is 22.3. The molecule has 0 saturated heterocycles. The highest BCUT2D eigenvalue weighted by molar-refractivity contribution is 5.88. The van der Waals surface area contributed by atoms with E-state index in [0.717, 1.165) is 34.3 Å². The van der Waals surface area contributed by atoms with Crippen molar-refractivity contribution < 1.29 is 9.47 Å². The van der Waals surface area contributed by atoms with Crippen LogP contribution in [-0.4, -0.2) is 7.11 Å². The molecule has 3 nitrogen and oxygen atoms in total. The van der Waals surface area contributed by atoms with Gasteiger partial charge in [-0.1, -0.05) is 30.3 Å². The molecule has 0 amide bonds. The van der Waals surface area contributed by atoms with E-state index < -0.39 is 0 Å². The van der Waals surface area contributed by atoms with Gasteiger partial charge in [-0.25, -0.2) is 0 Å². The van der Waals surface area contributed by atoms with Crippen LogP contribution in [0.25, 0.3) is 0 Å². The molecular weight excluding hydrogens is 286 g/mol. The van der Waals surface area contributed by atoms with Gasteiger partial charge in [0, 0.05) is 0 Å². The number of hydrogen-bond donors (Lipinski definition) is 0. The molecule has 23 heavy (non-hydrogen) atoms. The maximum absolute atomic E-state index is 6.04. The molecule has 0 N–H and O–H groups in total. The van der Waals surface area contributed by atoms with E-state index in [4.69, 9.17) is 9.47 Å². The zero-order valence-corrected chi connectivity index (χ0v) is 13.1. The van der Waals surface area contributed by atoms with Crippen LogP contribution >= 0.6 is 0 Å². The van der Waals surface area contributed by atoms with Crippen molar-refractivity contribution in [2.75, 3.05) is 12.0 Å². The monoisotopic (exact) mass is 303 g/mol. The predicted octanol–water partition coefficient (Wildman–Crippen LogP) is 5.58. The first-order valence-corrected chi connectivity index (χ1v) is 7.58. The summed E-state index contributed by atoms with van der Waals surface area (Å²) in [6.45, 7) is 2.06. The van der Waals surface area contributed by atoms with Crippen molar-refractivity contribution in [3.63, 3.8) is 0 Å². The molecule has 0 aliphatic carbocycles. The molecule has 4 rings (SSSR count). The minimum absolute atomic E-state index is 0.842. The highest BCUT2D eigenvalue weighted by atomic mass is 16.5. The number of methoxy groups -OCH3 is 1. The largest absolute Gasteiger partial charge is 0.495 e. The Bertz CT molecular complexity index is 828. The topological polar surface area (TPSA) is 21.7 Å². The fourth-order valence-corrected chi connectivity index (χ4v) is 2.93. The van der Waals surface area contributed by atoms with Gasteiger partial charge in [-0.05, 0) is 48.9 Å². The van der Waals surface area contributed by atoms with Crippen LogP contribution in [0.3, 0.4) is 0 Å². The Morgan fingerprint density at radius 3 is 2.00 bits per heavy atom. The predicted molar refractivity (Wildman–Crippen MR) is 92.5 cm³/mol. The van der Waals surface area contributed by atoms with Crippen molar-refractivity contribution in [3.8, 4) is 17.2 Å². The number of ether oxygens (including phenoxy) is 2. The summed E-state index contributed by atoms with van der Waals surface area (Å²) < 4.78 is 11.7. The number of aryl methyl sites for hydroxylation is 1. The zero-order chi connectivity index (χ0) is 15.8. The number of nitrogens with zero attached hydrogens (tertiary/aromatic N) is 1. The van der Waals surface area contributed by atoms with E-state index in [9.17, 15) is 0 Å². The lowest BCUT2D eigenvalue weighted by Gasteiger charge is -2.33. The van der Waals surface area contributed by atoms with Crippen molar-refractivity contribution in [1.29, 1.82) is 0 Å². The second-order valence-corrected chi connectivity index (χ2v) is 5.55. The minimum atomic E-state index is 0.842. The van der Waals surface area contributed by atoms with Gasteiger partial charge in [0.05, 0.1) is 24.2 Å². The van der Waals surface area contributed by atoms with E-state index in [1.807, 2.05) is 36.4 Å². The third-order valence-electron chi connectivity index (χ3n) is 4.01. The molecule has 0 radical (unpaired) electrons. The van der Waals surface area contributed by atoms with Crippen LogP contribution in [0.1, 0.15) is 5.56 Å². The molecule has 0 fully saturated rings. The maximum Gasteiger partial charge on any atom is 0.151 e. The minimum Gasteiger partial charge on any atom is -0.495 e. The maximum atomic E-state index is 6.04. The molecule has 1 aliphatic heterocycles. The average Bonchev–Trinajstić information content (AvgIpc) is 2.60. The van der Waals surface area contributed by atoms with Crippen LogP contribution in [-0.2, 0) is 0 Å². The summed E-state index contributed by atoms with van der Waals surface area (Å²) in [4.78, 5) is 2.19. The second kappa shape index (κ2) is 5.36. The SMILES string of the molecule is COc1cc(C)ccc1N1c2ccccc2Oc2ccccc21. The Balaban J connectivity index is 1.98. The number of fused-ring (bicyclic) bond motifs is 2. The van der Waals surface area contributed by atoms with Gasteiger partial charge in [0.2, 0.25) is 0 Å². The van der Waals surface area contributed by atoms with Crippen LogP contribution in [0.4, 0.5) is 17.1 Å². The highest BCUT2D eigenvalue weighted by Crippen LogP contribution is 2.51. The fourth-order valence-electron chi connectivity index (χ4n) is 2.93. The zero-order valence-electron chi connectivity index (χ0n) is 13.1. The molecule has 0 atom stereocenters. The average molecular weight is 303 g/mol. The number of para-hydroxylation sites is 4. The van der Waals surface area contributed by atoms with Crippen molar-refractivity contribution in [2.45, 2.75) is 6.92 Å². The molecule has 0 bridgehead atoms. The number of anilines is 3. The summed E-state index contributed by atoms with van der Waals surface area (Å²) in [7, 11) is 1.70. The van der Waals surface area contributed by atoms with E-state index >= 15 is 0 Å². The van der Waals surface area contributed by atoms with Gasteiger partial charge in [-0.15, -0.1) is 0 Å². The van der Waals surface area contributed by atoms with Gasteiger partial charge in [-0.3, -0.25) is 4.90 Å². The van der Waals surface area contributed by atoms with Gasteiger partial charge < -0.3 is 9.47 Å². The van der Waals surface area contributed by atoms with Crippen LogP contribution in [0.2, 0.25) is 0 Å². The smallest absolute Gasteiger partial charge is 0.151 e. The van der Waals surface area contributed by atoms with Crippen molar-refractivity contribution in [1.82, 2.24) is 0 Å². The molecule has 114 valence electrons. The normalized spacial score (nSPS) is 12.2. The lowest BCUT2D eigenvalue weighted by Crippen LogP contribution is -2.16. The number of rotatable bonds is 2. The molecule has 3 aromatic rings. The standard InChI is InChI=1S/C20H17NO2/c1-14-11-12-17(20(13-14)22-2)21-15-7-3-5-9-18(15)23-19-10-6-4-8-16(19)21/h3-13H,1-2H3. The summed E-state index contributed by atoms with van der Waals surface area (Å²) in [5.41, 5.74) is 4.18. The van der Waals surface area contributed by atoms with E-state index in [0.29, 0.717) is 0 Å². The molecule has 3 aromatic carbocycles. The first-order chi connectivity index (χ1) is 11.3. The fraction of sp³-hybridized carbons (Fsp3) is 0.100. The van der Waals surface area contributed by atoms with Crippen molar-refractivity contribution in [3.05, 3.63) is 72.3 Å². The van der Waals surface area contributed by atoms with Crippen LogP contribution < -0.4 is 14.4 Å². The lowest BCUT2D eigenvalue weighted by atomic mass is 10.1. The first kappa shape index (κ1) is 13.7. The Morgan fingerprint density at radius 1 is 0.783 bits per heavy atom. The van der Waals surface area contributed by atoms with Gasteiger partial charge in [0.1, 0.15) is 5.75 Å². The molecule has 3 heteroatoms. The summed E-state index contributed by atoms with van der Waals surface area (Å²) in [5.74, 6) is 2.53. The molecule has 0 aromatic heterocycles. The van der Waals surface area contributed by atoms with E-state index in [1.54, 1.807) is 7.11 Å². The molecule has 1 heterocycles. The van der Waals surface area contributed by atoms with Crippen molar-refractivity contribution >= 4 is 17.1 Å². The van der Waals surface area contributed by atoms with Crippen LogP contribution in [0.15, 0.2) is 66.7 Å². The molecule has 0 unspecified atom stereocenters. The lowest BCUT2D eigenvalue weighted by molar-refractivity contribution is 0.415. The number of hydrogen-bond acceptors (Lipinski definition) is 3. The van der Waals surface area contributed by atoms with E-state index in [1.165, 1.54) is 5.56 Å². The van der Waals surface area contributed by atoms with Crippen molar-refractivity contribution in [2.24, 2.45) is 0 Å².